The van der Waals surface area contributed by atoms with Crippen molar-refractivity contribution in [3.63, 3.8) is 0 Å². The summed E-state index contributed by atoms with van der Waals surface area (Å²) in [6, 6.07) is 2.32. The number of carbonyl (C=O) groups excluding carboxylic acids is 2. The number of carbonyl (C=O) groups is 2. The third-order valence-electron chi connectivity index (χ3n) is 2.37. The van der Waals surface area contributed by atoms with Crippen LogP contribution in [0.3, 0.4) is 0 Å². The molecule has 1 rings (SSSR count). The van der Waals surface area contributed by atoms with Crippen molar-refractivity contribution in [2.75, 3.05) is 19.4 Å². The van der Waals surface area contributed by atoms with Gasteiger partial charge in [0.25, 0.3) is 0 Å². The Hall–Kier alpha value is -1.63. The monoisotopic (exact) mass is 332 g/mol. The molecule has 7 heteroatoms. The summed E-state index contributed by atoms with van der Waals surface area (Å²) in [6.07, 6.45) is 0.691. The number of benzene rings is 1. The molecule has 0 heterocycles. The number of ether oxygens (including phenoxy) is 1. The molecule has 0 aliphatic carbocycles. The van der Waals surface area contributed by atoms with Crippen LogP contribution in [0.4, 0.5) is 10.1 Å². The summed E-state index contributed by atoms with van der Waals surface area (Å²) >= 11 is 3.06. The number of nitrogens with one attached hydrogen (secondary N) is 1. The van der Waals surface area contributed by atoms with Crippen LogP contribution in [0.15, 0.2) is 16.6 Å². The fraction of sp³-hybridized carbons (Fsp3) is 0.333. The fourth-order valence-corrected chi connectivity index (χ4v) is 1.80. The van der Waals surface area contributed by atoms with E-state index in [-0.39, 0.29) is 34.7 Å². The summed E-state index contributed by atoms with van der Waals surface area (Å²) in [7, 11) is 1.53. The normalized spacial score (nSPS) is 10.1. The minimum atomic E-state index is -0.615. The second kappa shape index (κ2) is 7.08. The molecule has 1 amide bonds. The van der Waals surface area contributed by atoms with Crippen molar-refractivity contribution in [3.05, 3.63) is 28.0 Å². The van der Waals surface area contributed by atoms with E-state index in [0.717, 1.165) is 6.07 Å². The fourth-order valence-electron chi connectivity index (χ4n) is 1.32. The van der Waals surface area contributed by atoms with Crippen LogP contribution in [-0.2, 0) is 9.53 Å². The second-order valence-corrected chi connectivity index (χ2v) is 4.62. The molecule has 1 aromatic carbocycles. The van der Waals surface area contributed by atoms with E-state index in [9.17, 15) is 14.0 Å². The van der Waals surface area contributed by atoms with Crippen molar-refractivity contribution < 1.29 is 18.7 Å². The molecule has 1 aromatic rings. The van der Waals surface area contributed by atoms with Crippen molar-refractivity contribution in [2.45, 2.75) is 12.8 Å². The van der Waals surface area contributed by atoms with Crippen molar-refractivity contribution in [3.8, 4) is 0 Å². The van der Waals surface area contributed by atoms with Gasteiger partial charge in [-0.3, -0.25) is 4.79 Å². The molecule has 0 aliphatic heterocycles. The zero-order valence-electron chi connectivity index (χ0n) is 10.3. The molecule has 3 N–H and O–H groups in total. The lowest BCUT2D eigenvalue weighted by molar-refractivity contribution is -0.120. The summed E-state index contributed by atoms with van der Waals surface area (Å²) in [5.41, 5.74) is 5.41. The molecule has 5 nitrogen and oxygen atoms in total. The van der Waals surface area contributed by atoms with Gasteiger partial charge in [0.1, 0.15) is 5.82 Å². The minimum absolute atomic E-state index is 0.107. The third-order valence-corrected chi connectivity index (χ3v) is 3.02. The number of amides is 1. The summed E-state index contributed by atoms with van der Waals surface area (Å²) < 4.78 is 18.4. The van der Waals surface area contributed by atoms with Crippen molar-refractivity contribution in [1.82, 2.24) is 5.32 Å². The number of anilines is 1. The van der Waals surface area contributed by atoms with Crippen LogP contribution in [-0.4, -0.2) is 25.5 Å². The summed E-state index contributed by atoms with van der Waals surface area (Å²) in [4.78, 5) is 22.7. The Morgan fingerprint density at radius 2 is 2.16 bits per heavy atom. The quantitative estimate of drug-likeness (QED) is 0.490. The number of hydrogen-bond donors (Lipinski definition) is 2. The Morgan fingerprint density at radius 3 is 2.79 bits per heavy atom. The molecule has 19 heavy (non-hydrogen) atoms. The summed E-state index contributed by atoms with van der Waals surface area (Å²) in [6.45, 7) is 0.107. The SMILES string of the molecule is CNC(=O)CCCOC(=O)c1cc(N)c(F)cc1Br. The van der Waals surface area contributed by atoms with Gasteiger partial charge in [-0.2, -0.15) is 0 Å². The van der Waals surface area contributed by atoms with Crippen molar-refractivity contribution >= 4 is 33.5 Å². The molecule has 0 aliphatic rings. The standard InChI is InChI=1S/C12H14BrFN2O3/c1-16-11(17)3-2-4-19-12(18)7-5-10(15)9(14)6-8(7)13/h5-6H,2-4,15H2,1H3,(H,16,17). The highest BCUT2D eigenvalue weighted by Gasteiger charge is 2.14. The molecule has 0 saturated carbocycles. The van der Waals surface area contributed by atoms with Gasteiger partial charge in [-0.15, -0.1) is 0 Å². The highest BCUT2D eigenvalue weighted by molar-refractivity contribution is 9.10. The Morgan fingerprint density at radius 1 is 1.47 bits per heavy atom. The largest absolute Gasteiger partial charge is 0.462 e. The van der Waals surface area contributed by atoms with Crippen molar-refractivity contribution in [2.24, 2.45) is 0 Å². The second-order valence-electron chi connectivity index (χ2n) is 3.77. The molecule has 104 valence electrons. The van der Waals surface area contributed by atoms with E-state index < -0.39 is 11.8 Å². The third kappa shape index (κ3) is 4.51. The zero-order valence-corrected chi connectivity index (χ0v) is 11.9. The average molecular weight is 333 g/mol. The molecule has 0 saturated heterocycles. The molecule has 0 fully saturated rings. The number of nitrogens with two attached hydrogens (primary N) is 1. The molecule has 0 bridgehead atoms. The first-order chi connectivity index (χ1) is 8.95. The first-order valence-corrected chi connectivity index (χ1v) is 6.37. The van der Waals surface area contributed by atoms with Crippen LogP contribution in [0.1, 0.15) is 23.2 Å². The van der Waals surface area contributed by atoms with Crippen LogP contribution >= 0.6 is 15.9 Å². The van der Waals surface area contributed by atoms with E-state index in [2.05, 4.69) is 21.2 Å². The number of halogens is 2. The van der Waals surface area contributed by atoms with Crippen LogP contribution in [0.5, 0.6) is 0 Å². The lowest BCUT2D eigenvalue weighted by Crippen LogP contribution is -2.18. The van der Waals surface area contributed by atoms with E-state index in [0.29, 0.717) is 6.42 Å². The van der Waals surface area contributed by atoms with Crippen molar-refractivity contribution in [1.29, 1.82) is 0 Å². The average Bonchev–Trinajstić information content (AvgIpc) is 2.38. The maximum Gasteiger partial charge on any atom is 0.339 e. The Kier molecular flexibility index (Phi) is 5.75. The highest BCUT2D eigenvalue weighted by atomic mass is 79.9. The minimum Gasteiger partial charge on any atom is -0.462 e. The smallest absolute Gasteiger partial charge is 0.339 e. The van der Waals surface area contributed by atoms with Gasteiger partial charge < -0.3 is 15.8 Å². The van der Waals surface area contributed by atoms with Gasteiger partial charge in [-0.05, 0) is 34.5 Å². The van der Waals surface area contributed by atoms with E-state index in [1.54, 1.807) is 0 Å². The van der Waals surface area contributed by atoms with Crippen LogP contribution < -0.4 is 11.1 Å². The van der Waals surface area contributed by atoms with Gasteiger partial charge in [-0.25, -0.2) is 9.18 Å². The van der Waals surface area contributed by atoms with Gasteiger partial charge in [0.15, 0.2) is 0 Å². The summed E-state index contributed by atoms with van der Waals surface area (Å²) in [5, 5.41) is 2.46. The first-order valence-electron chi connectivity index (χ1n) is 5.58. The number of esters is 1. The topological polar surface area (TPSA) is 81.4 Å². The Balaban J connectivity index is 2.55. The molecule has 0 atom stereocenters. The van der Waals surface area contributed by atoms with Crippen LogP contribution in [0.2, 0.25) is 0 Å². The predicted octanol–water partition coefficient (Wildman–Crippen LogP) is 1.85. The number of rotatable bonds is 5. The Bertz CT molecular complexity index is 494. The lowest BCUT2D eigenvalue weighted by Gasteiger charge is -2.07. The predicted molar refractivity (Wildman–Crippen MR) is 72.1 cm³/mol. The van der Waals surface area contributed by atoms with Gasteiger partial charge in [0.2, 0.25) is 5.91 Å². The van der Waals surface area contributed by atoms with Gasteiger partial charge in [0, 0.05) is 17.9 Å². The molecule has 0 unspecified atom stereocenters. The molecule has 0 aromatic heterocycles. The van der Waals surface area contributed by atoms with Crippen LogP contribution in [0.25, 0.3) is 0 Å². The van der Waals surface area contributed by atoms with E-state index in [1.807, 2.05) is 0 Å². The molecule has 0 spiro atoms. The van der Waals surface area contributed by atoms with E-state index in [1.165, 1.54) is 13.1 Å². The maximum absolute atomic E-state index is 13.1. The zero-order chi connectivity index (χ0) is 14.4. The number of hydrogen-bond acceptors (Lipinski definition) is 4. The van der Waals surface area contributed by atoms with E-state index >= 15 is 0 Å². The lowest BCUT2D eigenvalue weighted by atomic mass is 10.2. The highest BCUT2D eigenvalue weighted by Crippen LogP contribution is 2.23. The maximum atomic E-state index is 13.1. The molecular formula is C12H14BrFN2O3. The van der Waals surface area contributed by atoms with Gasteiger partial charge in [-0.1, -0.05) is 0 Å². The first kappa shape index (κ1) is 15.4. The van der Waals surface area contributed by atoms with Gasteiger partial charge in [0.05, 0.1) is 17.9 Å². The van der Waals surface area contributed by atoms with Gasteiger partial charge >= 0.3 is 5.97 Å². The van der Waals surface area contributed by atoms with Crippen LogP contribution in [0, 0.1) is 5.82 Å². The summed E-state index contributed by atoms with van der Waals surface area (Å²) in [5.74, 6) is -1.35. The molecular weight excluding hydrogens is 319 g/mol. The Labute approximate surface area is 118 Å². The number of nitrogen functional groups attached to an aromatic ring is 1. The molecule has 0 radical (unpaired) electrons. The van der Waals surface area contributed by atoms with E-state index in [4.69, 9.17) is 10.5 Å².